The Balaban J connectivity index is 0. The smallest absolute Gasteiger partial charge is 0 e. The van der Waals surface area contributed by atoms with Crippen molar-refractivity contribution in [1.82, 2.24) is 0 Å². The molecule has 0 bridgehead atoms. The van der Waals surface area contributed by atoms with Gasteiger partial charge in [0.15, 0.2) is 0 Å². The maximum absolute atomic E-state index is 0. The summed E-state index contributed by atoms with van der Waals surface area (Å²) in [4.78, 5) is 0. The quantitative estimate of drug-likeness (QED) is 0.515. The maximum Gasteiger partial charge on any atom is 0 e. The van der Waals surface area contributed by atoms with Crippen molar-refractivity contribution in [3.63, 3.8) is 0 Å². The second-order valence-electron chi connectivity index (χ2n) is 0. The Labute approximate surface area is 76.3 Å². The summed E-state index contributed by atoms with van der Waals surface area (Å²) in [6.07, 6.45) is 0. The van der Waals surface area contributed by atoms with Gasteiger partial charge in [-0.05, 0) is 0 Å². The summed E-state index contributed by atoms with van der Waals surface area (Å²) >= 11 is 0. The molecular weight excluding hydrogens is 368 g/mol. The van der Waals surface area contributed by atoms with Crippen LogP contribution in [-0.2, 0) is 36.5 Å². The first-order valence-electron chi connectivity index (χ1n) is 0. The zero-order chi connectivity index (χ0) is 0. The minimum absolute atomic E-state index is 0. The maximum atomic E-state index is 0. The zero-order valence-corrected chi connectivity index (χ0v) is 10.8. The van der Waals surface area contributed by atoms with E-state index in [9.17, 15) is 0 Å². The summed E-state index contributed by atoms with van der Waals surface area (Å²) in [5.41, 5.74) is 0. The molecule has 0 rings (SSSR count). The molecule has 0 aromatic heterocycles. The largest absolute Gasteiger partial charge is 0.197 e. The topological polar surface area (TPSA) is 0 Å². The van der Waals surface area contributed by atoms with Gasteiger partial charge in [-0.15, -0.1) is 0 Å². The Morgan fingerprint density at radius 2 is 1.00 bits per heavy atom. The van der Waals surface area contributed by atoms with Crippen molar-refractivity contribution in [1.29, 1.82) is 0 Å². The van der Waals surface area contributed by atoms with Crippen molar-refractivity contribution in [2.75, 3.05) is 0 Å². The Bertz CT molecular complexity index is 8.00. The van der Waals surface area contributed by atoms with E-state index in [2.05, 4.69) is 0 Å². The minimum atomic E-state index is 0. The van der Waals surface area contributed by atoms with Crippen LogP contribution in [0.25, 0.3) is 0 Å². The minimum Gasteiger partial charge on any atom is -0.197 e. The monoisotopic (exact) mass is 369 g/mol. The van der Waals surface area contributed by atoms with Gasteiger partial charge in [0, 0.05) is 63.8 Å². The van der Waals surface area contributed by atoms with Gasteiger partial charge in [0.1, 0.15) is 0 Å². The van der Waals surface area contributed by atoms with Gasteiger partial charge in [-0.1, -0.05) is 0 Å². The van der Waals surface area contributed by atoms with Gasteiger partial charge >= 0.3 is 0 Å². The molecule has 5 radical (unpaired) electrons. The van der Waals surface area contributed by atoms with E-state index < -0.39 is 0 Å². The van der Waals surface area contributed by atoms with E-state index in [1.54, 1.807) is 0 Å². The summed E-state index contributed by atoms with van der Waals surface area (Å²) in [5.74, 6) is 0. The standard InChI is InChI=1S/Cu.Pb.H2S.Zn/h;;1H2;. The third-order valence-electron chi connectivity index (χ3n) is 0. The van der Waals surface area contributed by atoms with Crippen molar-refractivity contribution >= 4 is 40.8 Å². The van der Waals surface area contributed by atoms with Crippen LogP contribution in [-0.4, -0.2) is 27.3 Å². The van der Waals surface area contributed by atoms with Crippen molar-refractivity contribution in [3.05, 3.63) is 0 Å². The summed E-state index contributed by atoms with van der Waals surface area (Å²) in [6.45, 7) is 0. The van der Waals surface area contributed by atoms with Gasteiger partial charge in [-0.25, -0.2) is 0 Å². The van der Waals surface area contributed by atoms with Gasteiger partial charge in [-0.2, -0.15) is 13.5 Å². The Morgan fingerprint density at radius 3 is 1.00 bits per heavy atom. The van der Waals surface area contributed by atoms with Crippen LogP contribution in [0.5, 0.6) is 0 Å². The fourth-order valence-corrected chi connectivity index (χ4v) is 0. The van der Waals surface area contributed by atoms with E-state index in [0.29, 0.717) is 0 Å². The van der Waals surface area contributed by atoms with Crippen molar-refractivity contribution in [3.8, 4) is 0 Å². The van der Waals surface area contributed by atoms with E-state index in [1.807, 2.05) is 0 Å². The fraction of sp³-hybridized carbons (Fsp3) is 0. The van der Waals surface area contributed by atoms with Gasteiger partial charge in [0.25, 0.3) is 0 Å². The first kappa shape index (κ1) is 32.3. The summed E-state index contributed by atoms with van der Waals surface area (Å²) in [7, 11) is 0. The first-order chi connectivity index (χ1) is 0. The van der Waals surface area contributed by atoms with E-state index >= 15 is 0 Å². The molecule has 0 amide bonds. The summed E-state index contributed by atoms with van der Waals surface area (Å²) in [5, 5.41) is 0. The zero-order valence-electron chi connectivity index (χ0n) is 2.01. The second kappa shape index (κ2) is 18.1. The van der Waals surface area contributed by atoms with E-state index in [-0.39, 0.29) is 77.3 Å². The van der Waals surface area contributed by atoms with Crippen molar-refractivity contribution in [2.45, 2.75) is 0 Å². The molecule has 0 saturated carbocycles. The van der Waals surface area contributed by atoms with Crippen LogP contribution in [0.2, 0.25) is 0 Å². The molecule has 0 nitrogen and oxygen atoms in total. The molecule has 0 heterocycles. The molecule has 0 unspecified atom stereocenters. The molecule has 0 N–H and O–H groups in total. The molecule has 0 aliphatic heterocycles. The van der Waals surface area contributed by atoms with Crippen LogP contribution in [0.1, 0.15) is 0 Å². The average molecular weight is 370 g/mol. The third kappa shape index (κ3) is 8.83. The number of rotatable bonds is 0. The molecule has 0 atom stereocenters. The molecule has 0 aliphatic carbocycles. The van der Waals surface area contributed by atoms with Crippen LogP contribution < -0.4 is 0 Å². The molecule has 0 aliphatic rings. The van der Waals surface area contributed by atoms with Crippen LogP contribution in [0, 0.1) is 0 Å². The van der Waals surface area contributed by atoms with Gasteiger partial charge in [0.2, 0.25) is 0 Å². The van der Waals surface area contributed by atoms with E-state index in [0.717, 1.165) is 0 Å². The van der Waals surface area contributed by atoms with Crippen LogP contribution in [0.4, 0.5) is 0 Å². The van der Waals surface area contributed by atoms with Crippen molar-refractivity contribution < 1.29 is 36.5 Å². The van der Waals surface area contributed by atoms with Crippen LogP contribution in [0.15, 0.2) is 0 Å². The molecule has 4 heteroatoms. The van der Waals surface area contributed by atoms with Gasteiger partial charge in [0.05, 0.1) is 0 Å². The van der Waals surface area contributed by atoms with E-state index in [4.69, 9.17) is 0 Å². The second-order valence-corrected chi connectivity index (χ2v) is 0. The molecular formula is H2CuPbSZn. The Hall–Kier alpha value is 2.41. The molecule has 0 spiro atoms. The fourth-order valence-electron chi connectivity index (χ4n) is 0. The Morgan fingerprint density at radius 1 is 1.00 bits per heavy atom. The summed E-state index contributed by atoms with van der Waals surface area (Å²) < 4.78 is 0. The third-order valence-corrected chi connectivity index (χ3v) is 0. The van der Waals surface area contributed by atoms with Crippen LogP contribution in [0.3, 0.4) is 0 Å². The predicted octanol–water partition coefficient (Wildman–Crippen LogP) is -0.273. The summed E-state index contributed by atoms with van der Waals surface area (Å²) in [6, 6.07) is 0. The molecule has 0 aromatic rings. The number of hydrogen-bond acceptors (Lipinski definition) is 0. The number of hydrogen-bond donors (Lipinski definition) is 0. The molecule has 4 heavy (non-hydrogen) atoms. The Kier molecular flexibility index (Phi) is 146. The SMILES string of the molecule is S.[Cu].[Pb].[Zn]. The van der Waals surface area contributed by atoms with Gasteiger partial charge in [-0.3, -0.25) is 0 Å². The predicted molar refractivity (Wildman–Crippen MR) is 16.1 cm³/mol. The molecule has 25 valence electrons. The van der Waals surface area contributed by atoms with Gasteiger partial charge < -0.3 is 0 Å². The normalized spacial score (nSPS) is 0. The van der Waals surface area contributed by atoms with Crippen molar-refractivity contribution in [2.24, 2.45) is 0 Å². The van der Waals surface area contributed by atoms with E-state index in [1.165, 1.54) is 0 Å². The average Bonchev–Trinajstić information content (AvgIpc) is 0. The molecule has 0 aromatic carbocycles. The molecule has 0 fully saturated rings. The molecule has 0 saturated heterocycles. The van der Waals surface area contributed by atoms with Crippen LogP contribution >= 0.6 is 13.5 Å². The first-order valence-corrected chi connectivity index (χ1v) is 0.